The Morgan fingerprint density at radius 2 is 1.83 bits per heavy atom. The monoisotopic (exact) mass is 513 g/mol. The number of aromatic nitrogens is 2. The standard InChI is InChI=1S/C22H35N5O.HI/c1-8-23-22(24-14-17(4)28-20-11-9-15(2)10-12-20)25-16(3)13-21-18(5)26-27(7)19(21)6;/h9-12,16-17H,8,13-14H2,1-7H3,(H2,23,24,25);1H. The van der Waals surface area contributed by atoms with E-state index in [1.165, 1.54) is 16.8 Å². The van der Waals surface area contributed by atoms with Crippen molar-refractivity contribution >= 4 is 29.9 Å². The van der Waals surface area contributed by atoms with Crippen LogP contribution in [-0.4, -0.2) is 41.0 Å². The zero-order valence-electron chi connectivity index (χ0n) is 18.7. The largest absolute Gasteiger partial charge is 0.489 e. The van der Waals surface area contributed by atoms with E-state index in [2.05, 4.69) is 62.5 Å². The maximum atomic E-state index is 5.96. The molecule has 2 unspecified atom stereocenters. The molecule has 0 radical (unpaired) electrons. The number of ether oxygens (including phenoxy) is 1. The first-order chi connectivity index (χ1) is 13.3. The summed E-state index contributed by atoms with van der Waals surface area (Å²) in [4.78, 5) is 4.71. The van der Waals surface area contributed by atoms with E-state index in [1.807, 2.05) is 30.8 Å². The van der Waals surface area contributed by atoms with E-state index in [1.54, 1.807) is 0 Å². The van der Waals surface area contributed by atoms with Gasteiger partial charge in [0.2, 0.25) is 0 Å². The van der Waals surface area contributed by atoms with Gasteiger partial charge in [0.05, 0.1) is 12.2 Å². The summed E-state index contributed by atoms with van der Waals surface area (Å²) in [7, 11) is 1.99. The molecule has 2 N–H and O–H groups in total. The van der Waals surface area contributed by atoms with E-state index >= 15 is 0 Å². The lowest BCUT2D eigenvalue weighted by atomic mass is 10.1. The highest BCUT2D eigenvalue weighted by Crippen LogP contribution is 2.15. The van der Waals surface area contributed by atoms with E-state index in [0.29, 0.717) is 6.54 Å². The van der Waals surface area contributed by atoms with Crippen molar-refractivity contribution in [2.45, 2.75) is 60.1 Å². The highest BCUT2D eigenvalue weighted by atomic mass is 127. The molecule has 1 heterocycles. The molecular weight excluding hydrogens is 477 g/mol. The van der Waals surface area contributed by atoms with E-state index in [-0.39, 0.29) is 36.1 Å². The summed E-state index contributed by atoms with van der Waals surface area (Å²) >= 11 is 0. The van der Waals surface area contributed by atoms with Gasteiger partial charge in [-0.15, -0.1) is 24.0 Å². The molecule has 162 valence electrons. The highest BCUT2D eigenvalue weighted by Gasteiger charge is 2.14. The van der Waals surface area contributed by atoms with Gasteiger partial charge in [-0.2, -0.15) is 5.10 Å². The molecule has 0 aliphatic carbocycles. The summed E-state index contributed by atoms with van der Waals surface area (Å²) in [6.45, 7) is 13.9. The summed E-state index contributed by atoms with van der Waals surface area (Å²) in [5.74, 6) is 1.69. The van der Waals surface area contributed by atoms with Crippen LogP contribution < -0.4 is 15.4 Å². The minimum Gasteiger partial charge on any atom is -0.489 e. The SMILES string of the molecule is CCNC(=NCC(C)Oc1ccc(C)cc1)NC(C)Cc1c(C)nn(C)c1C.I. The number of hydrogen-bond acceptors (Lipinski definition) is 3. The third-order valence-corrected chi connectivity index (χ3v) is 4.76. The Balaban J connectivity index is 0.00000420. The molecule has 0 fully saturated rings. The van der Waals surface area contributed by atoms with Crippen LogP contribution in [0.2, 0.25) is 0 Å². The first-order valence-corrected chi connectivity index (χ1v) is 10.1. The molecule has 2 atom stereocenters. The van der Waals surface area contributed by atoms with Crippen LogP contribution in [0.3, 0.4) is 0 Å². The average molecular weight is 513 g/mol. The molecule has 0 saturated carbocycles. The predicted octanol–water partition coefficient (Wildman–Crippen LogP) is 3.92. The number of guanidine groups is 1. The Morgan fingerprint density at radius 1 is 1.17 bits per heavy atom. The number of benzene rings is 1. The van der Waals surface area contributed by atoms with Gasteiger partial charge in [0, 0.05) is 25.3 Å². The third kappa shape index (κ3) is 7.87. The molecule has 0 saturated heterocycles. The van der Waals surface area contributed by atoms with Crippen molar-refractivity contribution in [1.82, 2.24) is 20.4 Å². The summed E-state index contributed by atoms with van der Waals surface area (Å²) in [6.07, 6.45) is 0.905. The topological polar surface area (TPSA) is 63.5 Å². The first kappa shape index (κ1) is 25.3. The Kier molecular flexibility index (Phi) is 10.5. The van der Waals surface area contributed by atoms with Gasteiger partial charge >= 0.3 is 0 Å². The molecule has 2 aromatic rings. The Labute approximate surface area is 192 Å². The van der Waals surface area contributed by atoms with Gasteiger partial charge in [0.1, 0.15) is 11.9 Å². The molecule has 7 heteroatoms. The fourth-order valence-corrected chi connectivity index (χ4v) is 3.13. The number of rotatable bonds is 8. The van der Waals surface area contributed by atoms with Gasteiger partial charge in [-0.05, 0) is 65.7 Å². The molecule has 29 heavy (non-hydrogen) atoms. The Hall–Kier alpha value is -1.77. The van der Waals surface area contributed by atoms with E-state index in [4.69, 9.17) is 9.73 Å². The molecule has 2 rings (SSSR count). The van der Waals surface area contributed by atoms with Crippen molar-refractivity contribution in [1.29, 1.82) is 0 Å². The highest BCUT2D eigenvalue weighted by molar-refractivity contribution is 14.0. The fraction of sp³-hybridized carbons (Fsp3) is 0.545. The molecule has 0 aliphatic rings. The zero-order valence-corrected chi connectivity index (χ0v) is 21.1. The van der Waals surface area contributed by atoms with Crippen LogP contribution in [-0.2, 0) is 13.5 Å². The van der Waals surface area contributed by atoms with E-state index in [9.17, 15) is 0 Å². The van der Waals surface area contributed by atoms with Gasteiger partial charge in [0.15, 0.2) is 5.96 Å². The van der Waals surface area contributed by atoms with Crippen molar-refractivity contribution < 1.29 is 4.74 Å². The minimum absolute atomic E-state index is 0. The molecule has 1 aromatic carbocycles. The lowest BCUT2D eigenvalue weighted by Gasteiger charge is -2.19. The number of aryl methyl sites for hydroxylation is 3. The molecular formula is C22H36IN5O. The normalized spacial score (nSPS) is 13.4. The molecule has 0 aliphatic heterocycles. The number of aliphatic imine (C=N–C) groups is 1. The second-order valence-corrected chi connectivity index (χ2v) is 7.48. The zero-order chi connectivity index (χ0) is 20.7. The number of hydrogen-bond donors (Lipinski definition) is 2. The average Bonchev–Trinajstić information content (AvgIpc) is 2.88. The van der Waals surface area contributed by atoms with Gasteiger partial charge in [-0.25, -0.2) is 4.99 Å². The maximum absolute atomic E-state index is 5.96. The number of halogens is 1. The van der Waals surface area contributed by atoms with Crippen LogP contribution in [0.4, 0.5) is 0 Å². The Bertz CT molecular complexity index is 785. The second-order valence-electron chi connectivity index (χ2n) is 7.48. The summed E-state index contributed by atoms with van der Waals surface area (Å²) < 4.78 is 7.90. The van der Waals surface area contributed by atoms with Crippen LogP contribution in [0.15, 0.2) is 29.3 Å². The quantitative estimate of drug-likeness (QED) is 0.319. The van der Waals surface area contributed by atoms with Crippen LogP contribution in [0.25, 0.3) is 0 Å². The smallest absolute Gasteiger partial charge is 0.191 e. The van der Waals surface area contributed by atoms with Crippen molar-refractivity contribution in [2.75, 3.05) is 13.1 Å². The summed E-state index contributed by atoms with van der Waals surface area (Å²) in [6, 6.07) is 8.36. The van der Waals surface area contributed by atoms with Crippen molar-refractivity contribution in [2.24, 2.45) is 12.0 Å². The lowest BCUT2D eigenvalue weighted by Crippen LogP contribution is -2.43. The Morgan fingerprint density at radius 3 is 2.38 bits per heavy atom. The number of nitrogens with zero attached hydrogens (tertiary/aromatic N) is 3. The first-order valence-electron chi connectivity index (χ1n) is 10.1. The van der Waals surface area contributed by atoms with Crippen LogP contribution in [0, 0.1) is 20.8 Å². The van der Waals surface area contributed by atoms with Gasteiger partial charge in [-0.3, -0.25) is 4.68 Å². The van der Waals surface area contributed by atoms with Crippen LogP contribution >= 0.6 is 24.0 Å². The van der Waals surface area contributed by atoms with Crippen molar-refractivity contribution in [3.8, 4) is 5.75 Å². The number of nitrogens with one attached hydrogen (secondary N) is 2. The molecule has 0 spiro atoms. The summed E-state index contributed by atoms with van der Waals surface area (Å²) in [5.41, 5.74) is 4.84. The van der Waals surface area contributed by atoms with Gasteiger partial charge in [0.25, 0.3) is 0 Å². The maximum Gasteiger partial charge on any atom is 0.191 e. The lowest BCUT2D eigenvalue weighted by molar-refractivity contribution is 0.230. The van der Waals surface area contributed by atoms with Gasteiger partial charge in [-0.1, -0.05) is 17.7 Å². The second kappa shape index (κ2) is 12.0. The minimum atomic E-state index is -0.00344. The van der Waals surface area contributed by atoms with Crippen LogP contribution in [0.1, 0.15) is 43.3 Å². The molecule has 0 bridgehead atoms. The summed E-state index contributed by atoms with van der Waals surface area (Å²) in [5, 5.41) is 11.3. The predicted molar refractivity (Wildman–Crippen MR) is 132 cm³/mol. The van der Waals surface area contributed by atoms with E-state index < -0.39 is 0 Å². The van der Waals surface area contributed by atoms with Crippen molar-refractivity contribution in [3.05, 3.63) is 46.8 Å². The van der Waals surface area contributed by atoms with Gasteiger partial charge < -0.3 is 15.4 Å². The van der Waals surface area contributed by atoms with Crippen LogP contribution in [0.5, 0.6) is 5.75 Å². The molecule has 1 aromatic heterocycles. The third-order valence-electron chi connectivity index (χ3n) is 4.76. The van der Waals surface area contributed by atoms with E-state index in [0.717, 1.165) is 30.4 Å². The molecule has 0 amide bonds. The molecule has 6 nitrogen and oxygen atoms in total. The fourth-order valence-electron chi connectivity index (χ4n) is 3.13. The van der Waals surface area contributed by atoms with Crippen molar-refractivity contribution in [3.63, 3.8) is 0 Å².